The number of aromatic nitrogens is 2. The summed E-state index contributed by atoms with van der Waals surface area (Å²) in [5.41, 5.74) is -0.870. The van der Waals surface area contributed by atoms with Crippen LogP contribution in [0.4, 0.5) is 23.8 Å². The second-order valence-corrected chi connectivity index (χ2v) is 7.76. The monoisotopic (exact) mass is 478 g/mol. The third-order valence-corrected chi connectivity index (χ3v) is 5.38. The van der Waals surface area contributed by atoms with Crippen molar-refractivity contribution in [2.45, 2.75) is 32.2 Å². The minimum absolute atomic E-state index is 0.0478. The van der Waals surface area contributed by atoms with Gasteiger partial charge in [-0.2, -0.15) is 13.2 Å². The van der Waals surface area contributed by atoms with Gasteiger partial charge in [0.2, 0.25) is 6.23 Å². The third kappa shape index (κ3) is 4.43. The average molecular weight is 479 g/mol. The standard InChI is InChI=1S/C22H18ClF3N4O3/c1-2-3-8-28-21(32)33-20-15-11-13(22(24,25)26)6-7-14(15)19(31)30(20)18-16(23)10-12-5-4-9-27-17(12)29-18/h4-7,9-11,20H,2-3,8H2,1H3,(H,28,32). The number of alkyl halides is 3. The van der Waals surface area contributed by atoms with Crippen LogP contribution in [0.5, 0.6) is 0 Å². The van der Waals surface area contributed by atoms with Crippen molar-refractivity contribution in [2.75, 3.05) is 11.4 Å². The molecule has 1 aliphatic rings. The molecule has 0 aliphatic carbocycles. The van der Waals surface area contributed by atoms with Crippen molar-refractivity contribution in [1.82, 2.24) is 15.3 Å². The lowest BCUT2D eigenvalue weighted by Gasteiger charge is -2.25. The summed E-state index contributed by atoms with van der Waals surface area (Å²) in [5, 5.41) is 3.18. The quantitative estimate of drug-likeness (QED) is 0.490. The molecule has 0 radical (unpaired) electrons. The summed E-state index contributed by atoms with van der Waals surface area (Å²) in [6.45, 7) is 2.24. The summed E-state index contributed by atoms with van der Waals surface area (Å²) >= 11 is 6.38. The second-order valence-electron chi connectivity index (χ2n) is 7.36. The number of hydrogen-bond acceptors (Lipinski definition) is 5. The molecule has 1 aliphatic heterocycles. The van der Waals surface area contributed by atoms with Crippen LogP contribution in [0, 0.1) is 0 Å². The number of ether oxygens (including phenoxy) is 1. The SMILES string of the molecule is CCCCNC(=O)OC1c2cc(C(F)(F)F)ccc2C(=O)N1c1nc2ncccc2cc1Cl. The van der Waals surface area contributed by atoms with Crippen molar-refractivity contribution in [3.05, 3.63) is 64.3 Å². The molecule has 3 aromatic rings. The summed E-state index contributed by atoms with van der Waals surface area (Å²) in [6, 6.07) is 7.58. The van der Waals surface area contributed by atoms with Crippen LogP contribution in [0.1, 0.15) is 47.5 Å². The van der Waals surface area contributed by atoms with Crippen molar-refractivity contribution in [2.24, 2.45) is 0 Å². The highest BCUT2D eigenvalue weighted by Crippen LogP contribution is 2.43. The first-order valence-corrected chi connectivity index (χ1v) is 10.5. The van der Waals surface area contributed by atoms with Gasteiger partial charge in [0, 0.05) is 29.3 Å². The summed E-state index contributed by atoms with van der Waals surface area (Å²) in [6.07, 6.45) is -4.04. The highest BCUT2D eigenvalue weighted by molar-refractivity contribution is 6.34. The number of fused-ring (bicyclic) bond motifs is 2. The normalized spacial score (nSPS) is 15.6. The topological polar surface area (TPSA) is 84.4 Å². The number of nitrogens with one attached hydrogen (secondary N) is 1. The summed E-state index contributed by atoms with van der Waals surface area (Å²) < 4.78 is 45.5. The first-order chi connectivity index (χ1) is 15.7. The van der Waals surface area contributed by atoms with E-state index in [0.29, 0.717) is 18.4 Å². The number of benzene rings is 1. The molecule has 1 aromatic carbocycles. The number of anilines is 1. The van der Waals surface area contributed by atoms with Gasteiger partial charge in [0.25, 0.3) is 5.91 Å². The van der Waals surface area contributed by atoms with Crippen LogP contribution >= 0.6 is 11.6 Å². The molecule has 0 spiro atoms. The van der Waals surface area contributed by atoms with Gasteiger partial charge in [-0.25, -0.2) is 19.7 Å². The number of nitrogens with zero attached hydrogens (tertiary/aromatic N) is 3. The van der Waals surface area contributed by atoms with E-state index >= 15 is 0 Å². The Balaban J connectivity index is 1.80. The highest BCUT2D eigenvalue weighted by atomic mass is 35.5. The van der Waals surface area contributed by atoms with Gasteiger partial charge in [0.05, 0.1) is 10.6 Å². The van der Waals surface area contributed by atoms with Gasteiger partial charge in [0.15, 0.2) is 11.5 Å². The lowest BCUT2D eigenvalue weighted by Crippen LogP contribution is -2.35. The van der Waals surface area contributed by atoms with Gasteiger partial charge in [-0.05, 0) is 42.8 Å². The fourth-order valence-corrected chi connectivity index (χ4v) is 3.74. The van der Waals surface area contributed by atoms with Gasteiger partial charge in [-0.15, -0.1) is 0 Å². The molecule has 33 heavy (non-hydrogen) atoms. The van der Waals surface area contributed by atoms with E-state index in [9.17, 15) is 22.8 Å². The lowest BCUT2D eigenvalue weighted by atomic mass is 10.1. The Morgan fingerprint density at radius 2 is 2.06 bits per heavy atom. The minimum Gasteiger partial charge on any atom is -0.420 e. The van der Waals surface area contributed by atoms with E-state index < -0.39 is 30.0 Å². The number of unbranched alkanes of at least 4 members (excludes halogenated alkanes) is 1. The fourth-order valence-electron chi connectivity index (χ4n) is 3.49. The summed E-state index contributed by atoms with van der Waals surface area (Å²) in [4.78, 5) is 35.0. The van der Waals surface area contributed by atoms with E-state index in [-0.39, 0.29) is 27.6 Å². The maximum Gasteiger partial charge on any atom is 0.416 e. The van der Waals surface area contributed by atoms with Crippen molar-refractivity contribution in [1.29, 1.82) is 0 Å². The van der Waals surface area contributed by atoms with Gasteiger partial charge in [-0.1, -0.05) is 24.9 Å². The molecule has 7 nitrogen and oxygen atoms in total. The number of hydrogen-bond donors (Lipinski definition) is 1. The van der Waals surface area contributed by atoms with Gasteiger partial charge >= 0.3 is 12.3 Å². The molecule has 1 atom stereocenters. The number of carbonyl (C=O) groups excluding carboxylic acids is 2. The zero-order valence-corrected chi connectivity index (χ0v) is 18.1. The molecule has 1 unspecified atom stereocenters. The maximum absolute atomic E-state index is 13.3. The molecule has 0 bridgehead atoms. The summed E-state index contributed by atoms with van der Waals surface area (Å²) in [7, 11) is 0. The third-order valence-electron chi connectivity index (χ3n) is 5.10. The molecule has 4 rings (SSSR count). The molecular weight excluding hydrogens is 461 g/mol. The summed E-state index contributed by atoms with van der Waals surface area (Å²) in [5.74, 6) is -0.779. The van der Waals surface area contributed by atoms with Crippen molar-refractivity contribution >= 4 is 40.5 Å². The molecule has 0 saturated heterocycles. The molecule has 172 valence electrons. The van der Waals surface area contributed by atoms with Gasteiger partial charge < -0.3 is 10.1 Å². The van der Waals surface area contributed by atoms with E-state index in [1.807, 2.05) is 6.92 Å². The van der Waals surface area contributed by atoms with Crippen LogP contribution in [0.2, 0.25) is 5.02 Å². The highest BCUT2D eigenvalue weighted by Gasteiger charge is 2.44. The maximum atomic E-state index is 13.3. The average Bonchev–Trinajstić information content (AvgIpc) is 3.04. The zero-order chi connectivity index (χ0) is 23.8. The molecule has 1 N–H and O–H groups in total. The molecule has 11 heteroatoms. The smallest absolute Gasteiger partial charge is 0.416 e. The second kappa shape index (κ2) is 8.86. The number of carbonyl (C=O) groups is 2. The van der Waals surface area contributed by atoms with Crippen LogP contribution in [0.15, 0.2) is 42.6 Å². The van der Waals surface area contributed by atoms with E-state index in [2.05, 4.69) is 15.3 Å². The molecule has 2 aromatic heterocycles. The molecule has 3 heterocycles. The fraction of sp³-hybridized carbons (Fsp3) is 0.273. The zero-order valence-electron chi connectivity index (χ0n) is 17.3. The minimum atomic E-state index is -4.65. The first-order valence-electron chi connectivity index (χ1n) is 10.1. The Hall–Kier alpha value is -3.40. The Kier molecular flexibility index (Phi) is 6.11. The Morgan fingerprint density at radius 3 is 2.79 bits per heavy atom. The predicted octanol–water partition coefficient (Wildman–Crippen LogP) is 5.49. The van der Waals surface area contributed by atoms with Gasteiger partial charge in [0.1, 0.15) is 0 Å². The van der Waals surface area contributed by atoms with Crippen LogP contribution < -0.4 is 10.2 Å². The van der Waals surface area contributed by atoms with E-state index in [1.54, 1.807) is 12.1 Å². The van der Waals surface area contributed by atoms with Crippen molar-refractivity contribution in [3.8, 4) is 0 Å². The molecule has 0 saturated carbocycles. The molecular formula is C22H18ClF3N4O3. The predicted molar refractivity (Wildman–Crippen MR) is 115 cm³/mol. The number of rotatable bonds is 5. The van der Waals surface area contributed by atoms with Crippen LogP contribution in [-0.4, -0.2) is 28.5 Å². The van der Waals surface area contributed by atoms with E-state index in [1.165, 1.54) is 12.3 Å². The Bertz CT molecular complexity index is 1240. The lowest BCUT2D eigenvalue weighted by molar-refractivity contribution is -0.137. The van der Waals surface area contributed by atoms with E-state index in [0.717, 1.165) is 29.5 Å². The van der Waals surface area contributed by atoms with E-state index in [4.69, 9.17) is 16.3 Å². The van der Waals surface area contributed by atoms with Gasteiger partial charge in [-0.3, -0.25) is 4.79 Å². The van der Waals surface area contributed by atoms with Crippen LogP contribution in [0.3, 0.4) is 0 Å². The Labute approximate surface area is 191 Å². The largest absolute Gasteiger partial charge is 0.420 e. The number of alkyl carbamates (subject to hydrolysis) is 1. The van der Waals surface area contributed by atoms with Crippen molar-refractivity contribution < 1.29 is 27.5 Å². The van der Waals surface area contributed by atoms with Crippen LogP contribution in [-0.2, 0) is 10.9 Å². The Morgan fingerprint density at radius 1 is 1.27 bits per heavy atom. The number of pyridine rings is 2. The number of halogens is 4. The first kappa shape index (κ1) is 22.8. The number of amides is 2. The molecule has 0 fully saturated rings. The molecule has 2 amide bonds. The van der Waals surface area contributed by atoms with Crippen molar-refractivity contribution in [3.63, 3.8) is 0 Å². The van der Waals surface area contributed by atoms with Crippen LogP contribution in [0.25, 0.3) is 11.0 Å².